The first-order valence-electron chi connectivity index (χ1n) is 8.99. The molecule has 2 N–H and O–H groups in total. The van der Waals surface area contributed by atoms with Gasteiger partial charge in [0.1, 0.15) is 0 Å². The van der Waals surface area contributed by atoms with E-state index in [4.69, 9.17) is 4.52 Å². The first kappa shape index (κ1) is 20.5. The fourth-order valence-electron chi connectivity index (χ4n) is 2.88. The third-order valence-corrected chi connectivity index (χ3v) is 4.56. The standard InChI is InChI=1S/C18H35N5O/c1-8-14(9-2)17(23(6)7)12-21-18(19-5)20-11-15-10-16(13(3)4)22-24-15/h10,13-14,17H,8-9,11-12H2,1-7H3,(H2,19,20,21). The Morgan fingerprint density at radius 2 is 1.92 bits per heavy atom. The lowest BCUT2D eigenvalue weighted by atomic mass is 9.93. The van der Waals surface area contributed by atoms with Crippen LogP contribution in [0.3, 0.4) is 0 Å². The zero-order valence-corrected chi connectivity index (χ0v) is 16.4. The quantitative estimate of drug-likeness (QED) is 0.536. The van der Waals surface area contributed by atoms with E-state index in [1.165, 1.54) is 12.8 Å². The van der Waals surface area contributed by atoms with Gasteiger partial charge in [-0.25, -0.2) is 0 Å². The van der Waals surface area contributed by atoms with Gasteiger partial charge in [-0.2, -0.15) is 0 Å². The van der Waals surface area contributed by atoms with Gasteiger partial charge < -0.3 is 20.1 Å². The lowest BCUT2D eigenvalue weighted by Crippen LogP contribution is -2.47. The monoisotopic (exact) mass is 337 g/mol. The Morgan fingerprint density at radius 3 is 2.38 bits per heavy atom. The molecule has 0 aliphatic carbocycles. The van der Waals surface area contributed by atoms with E-state index in [0.29, 0.717) is 24.4 Å². The number of hydrogen-bond donors (Lipinski definition) is 2. The van der Waals surface area contributed by atoms with Gasteiger partial charge >= 0.3 is 0 Å². The van der Waals surface area contributed by atoms with E-state index in [1.807, 2.05) is 6.07 Å². The number of aromatic nitrogens is 1. The van der Waals surface area contributed by atoms with Gasteiger partial charge in [-0.1, -0.05) is 45.7 Å². The van der Waals surface area contributed by atoms with Crippen molar-refractivity contribution in [3.63, 3.8) is 0 Å². The zero-order valence-electron chi connectivity index (χ0n) is 16.4. The summed E-state index contributed by atoms with van der Waals surface area (Å²) in [6.45, 7) is 10.2. The molecule has 6 nitrogen and oxygen atoms in total. The molecular formula is C18H35N5O. The van der Waals surface area contributed by atoms with Crippen molar-refractivity contribution in [2.45, 2.75) is 59.0 Å². The molecule has 24 heavy (non-hydrogen) atoms. The molecule has 138 valence electrons. The lowest BCUT2D eigenvalue weighted by molar-refractivity contribution is 0.200. The summed E-state index contributed by atoms with van der Waals surface area (Å²) in [5, 5.41) is 10.8. The predicted molar refractivity (Wildman–Crippen MR) is 100 cm³/mol. The van der Waals surface area contributed by atoms with Gasteiger partial charge in [0.2, 0.25) is 0 Å². The minimum atomic E-state index is 0.376. The SMILES string of the molecule is CCC(CC)C(CNC(=NC)NCc1cc(C(C)C)no1)N(C)C. The number of likely N-dealkylation sites (N-methyl/N-ethyl adjacent to an activating group) is 1. The number of nitrogens with zero attached hydrogens (tertiary/aromatic N) is 3. The van der Waals surface area contributed by atoms with Crippen LogP contribution in [0.15, 0.2) is 15.6 Å². The Hall–Kier alpha value is -1.56. The van der Waals surface area contributed by atoms with Crippen molar-refractivity contribution < 1.29 is 4.52 Å². The summed E-state index contributed by atoms with van der Waals surface area (Å²) in [7, 11) is 6.07. The molecule has 1 unspecified atom stereocenters. The first-order valence-corrected chi connectivity index (χ1v) is 8.99. The number of hydrogen-bond acceptors (Lipinski definition) is 4. The third kappa shape index (κ3) is 6.15. The minimum absolute atomic E-state index is 0.376. The summed E-state index contributed by atoms with van der Waals surface area (Å²) < 4.78 is 5.35. The molecule has 0 saturated carbocycles. The number of rotatable bonds is 9. The molecule has 0 aliphatic rings. The number of nitrogens with one attached hydrogen (secondary N) is 2. The summed E-state index contributed by atoms with van der Waals surface area (Å²) in [6, 6.07) is 2.48. The Balaban J connectivity index is 2.54. The number of guanidine groups is 1. The summed E-state index contributed by atoms with van der Waals surface area (Å²) in [4.78, 5) is 6.60. The van der Waals surface area contributed by atoms with Crippen LogP contribution in [0.4, 0.5) is 0 Å². The van der Waals surface area contributed by atoms with Crippen molar-refractivity contribution in [1.29, 1.82) is 0 Å². The second kappa shape index (κ2) is 10.3. The fourth-order valence-corrected chi connectivity index (χ4v) is 2.88. The van der Waals surface area contributed by atoms with Gasteiger partial charge in [0, 0.05) is 25.7 Å². The van der Waals surface area contributed by atoms with E-state index in [2.05, 4.69) is 67.5 Å². The molecular weight excluding hydrogens is 302 g/mol. The molecule has 0 spiro atoms. The molecule has 0 aromatic carbocycles. The van der Waals surface area contributed by atoms with E-state index in [1.54, 1.807) is 7.05 Å². The highest BCUT2D eigenvalue weighted by atomic mass is 16.5. The minimum Gasteiger partial charge on any atom is -0.359 e. The molecule has 0 aliphatic heterocycles. The normalized spacial score (nSPS) is 13.8. The highest BCUT2D eigenvalue weighted by Crippen LogP contribution is 2.16. The van der Waals surface area contributed by atoms with Crippen LogP contribution in [0.2, 0.25) is 0 Å². The molecule has 0 amide bonds. The van der Waals surface area contributed by atoms with E-state index < -0.39 is 0 Å². The Labute approximate surface area is 147 Å². The first-order chi connectivity index (χ1) is 11.4. The van der Waals surface area contributed by atoms with Gasteiger partial charge in [0.15, 0.2) is 11.7 Å². The van der Waals surface area contributed by atoms with Gasteiger partial charge in [0.25, 0.3) is 0 Å². The summed E-state index contributed by atoms with van der Waals surface area (Å²) in [5.41, 5.74) is 0.983. The van der Waals surface area contributed by atoms with Crippen LogP contribution < -0.4 is 10.6 Å². The molecule has 1 aromatic heterocycles. The average Bonchev–Trinajstić information content (AvgIpc) is 3.03. The smallest absolute Gasteiger partial charge is 0.191 e. The van der Waals surface area contributed by atoms with Crippen molar-refractivity contribution >= 4 is 5.96 Å². The van der Waals surface area contributed by atoms with Crippen molar-refractivity contribution in [2.24, 2.45) is 10.9 Å². The zero-order chi connectivity index (χ0) is 18.1. The molecule has 0 radical (unpaired) electrons. The van der Waals surface area contributed by atoms with Gasteiger partial charge in [-0.3, -0.25) is 4.99 Å². The molecule has 6 heteroatoms. The van der Waals surface area contributed by atoms with Crippen LogP contribution in [0.1, 0.15) is 57.9 Å². The fraction of sp³-hybridized carbons (Fsp3) is 0.778. The van der Waals surface area contributed by atoms with E-state index in [9.17, 15) is 0 Å². The Bertz CT molecular complexity index is 491. The molecule has 0 fully saturated rings. The molecule has 0 saturated heterocycles. The molecule has 0 bridgehead atoms. The largest absolute Gasteiger partial charge is 0.359 e. The van der Waals surface area contributed by atoms with Crippen molar-refractivity contribution in [3.05, 3.63) is 17.5 Å². The second-order valence-electron chi connectivity index (χ2n) is 6.79. The Kier molecular flexibility index (Phi) is 8.82. The Morgan fingerprint density at radius 1 is 1.25 bits per heavy atom. The van der Waals surface area contributed by atoms with Crippen LogP contribution in [0.25, 0.3) is 0 Å². The van der Waals surface area contributed by atoms with Crippen molar-refractivity contribution in [1.82, 2.24) is 20.7 Å². The van der Waals surface area contributed by atoms with E-state index in [0.717, 1.165) is 24.0 Å². The summed E-state index contributed by atoms with van der Waals surface area (Å²) in [6.07, 6.45) is 2.37. The van der Waals surface area contributed by atoms with E-state index in [-0.39, 0.29) is 0 Å². The van der Waals surface area contributed by atoms with Crippen LogP contribution in [0, 0.1) is 5.92 Å². The van der Waals surface area contributed by atoms with Crippen molar-refractivity contribution in [3.8, 4) is 0 Å². The van der Waals surface area contributed by atoms with Crippen molar-refractivity contribution in [2.75, 3.05) is 27.7 Å². The average molecular weight is 338 g/mol. The van der Waals surface area contributed by atoms with Crippen LogP contribution in [-0.4, -0.2) is 49.7 Å². The predicted octanol–water partition coefficient (Wildman–Crippen LogP) is 2.83. The van der Waals surface area contributed by atoms with Crippen LogP contribution >= 0.6 is 0 Å². The maximum absolute atomic E-state index is 5.35. The second-order valence-corrected chi connectivity index (χ2v) is 6.79. The van der Waals surface area contributed by atoms with Crippen LogP contribution in [-0.2, 0) is 6.54 Å². The highest BCUT2D eigenvalue weighted by molar-refractivity contribution is 5.79. The van der Waals surface area contributed by atoms with Crippen LogP contribution in [0.5, 0.6) is 0 Å². The summed E-state index contributed by atoms with van der Waals surface area (Å²) in [5.74, 6) is 2.66. The van der Waals surface area contributed by atoms with Gasteiger partial charge in [-0.05, 0) is 25.9 Å². The third-order valence-electron chi connectivity index (χ3n) is 4.56. The molecule has 1 heterocycles. The van der Waals surface area contributed by atoms with E-state index >= 15 is 0 Å². The van der Waals surface area contributed by atoms with Gasteiger partial charge in [-0.15, -0.1) is 0 Å². The maximum Gasteiger partial charge on any atom is 0.191 e. The lowest BCUT2D eigenvalue weighted by Gasteiger charge is -2.32. The molecule has 1 rings (SSSR count). The number of aliphatic imine (C=N–C) groups is 1. The molecule has 1 aromatic rings. The maximum atomic E-state index is 5.35. The highest BCUT2D eigenvalue weighted by Gasteiger charge is 2.20. The topological polar surface area (TPSA) is 65.7 Å². The summed E-state index contributed by atoms with van der Waals surface area (Å²) >= 11 is 0. The molecule has 1 atom stereocenters. The van der Waals surface area contributed by atoms with Gasteiger partial charge in [0.05, 0.1) is 12.2 Å².